The van der Waals surface area contributed by atoms with Crippen molar-refractivity contribution in [2.24, 2.45) is 0 Å². The van der Waals surface area contributed by atoms with Crippen LogP contribution < -0.4 is 0 Å². The molecule has 0 fully saturated rings. The number of ether oxygens (including phenoxy) is 1. The molecule has 1 heterocycles. The van der Waals surface area contributed by atoms with E-state index in [1.165, 1.54) is 6.07 Å². The van der Waals surface area contributed by atoms with Crippen LogP contribution in [0.1, 0.15) is 5.76 Å². The molecule has 7 heteroatoms. The number of esters is 1. The number of nitro groups is 1. The van der Waals surface area contributed by atoms with Gasteiger partial charge in [0.25, 0.3) is 0 Å². The Kier molecular flexibility index (Phi) is 3.40. The van der Waals surface area contributed by atoms with Crippen LogP contribution in [-0.4, -0.2) is 29.2 Å². The fraction of sp³-hybridized carbons (Fsp3) is 0.375. The zero-order valence-corrected chi connectivity index (χ0v) is 7.87. The van der Waals surface area contributed by atoms with Crippen molar-refractivity contribution in [2.45, 2.75) is 12.5 Å². The van der Waals surface area contributed by atoms with Crippen molar-refractivity contribution < 1.29 is 24.0 Å². The van der Waals surface area contributed by atoms with Crippen LogP contribution in [0.5, 0.6) is 0 Å². The first-order chi connectivity index (χ1) is 7.04. The highest BCUT2D eigenvalue weighted by atomic mass is 16.6. The summed E-state index contributed by atoms with van der Waals surface area (Å²) in [5.74, 6) is -1.09. The summed E-state index contributed by atoms with van der Waals surface area (Å²) >= 11 is 0. The Morgan fingerprint density at radius 3 is 2.87 bits per heavy atom. The van der Waals surface area contributed by atoms with E-state index < -0.39 is 22.9 Å². The van der Waals surface area contributed by atoms with Gasteiger partial charge < -0.3 is 14.3 Å². The van der Waals surface area contributed by atoms with E-state index in [4.69, 9.17) is 4.42 Å². The largest absolute Gasteiger partial charge is 0.467 e. The standard InChI is InChI=1S/C8H9NO6/c1-14-8(11)6(10)4-5-2-3-7(15-5)9(12)13/h2-3,6,10H,4H2,1H3. The summed E-state index contributed by atoms with van der Waals surface area (Å²) in [6.45, 7) is 0. The van der Waals surface area contributed by atoms with E-state index in [1.54, 1.807) is 0 Å². The number of carbonyl (C=O) groups excluding carboxylic acids is 1. The van der Waals surface area contributed by atoms with Crippen molar-refractivity contribution in [2.75, 3.05) is 7.11 Å². The van der Waals surface area contributed by atoms with Crippen LogP contribution in [-0.2, 0) is 16.0 Å². The molecule has 0 saturated heterocycles. The molecular formula is C8H9NO6. The van der Waals surface area contributed by atoms with E-state index in [0.29, 0.717) is 0 Å². The van der Waals surface area contributed by atoms with Crippen molar-refractivity contribution in [3.63, 3.8) is 0 Å². The number of methoxy groups -OCH3 is 1. The summed E-state index contributed by atoms with van der Waals surface area (Å²) in [6, 6.07) is 2.48. The van der Waals surface area contributed by atoms with E-state index >= 15 is 0 Å². The molecule has 0 aliphatic rings. The number of hydrogen-bond acceptors (Lipinski definition) is 6. The van der Waals surface area contributed by atoms with Gasteiger partial charge in [-0.15, -0.1) is 0 Å². The molecule has 1 rings (SSSR count). The lowest BCUT2D eigenvalue weighted by Gasteiger charge is -2.04. The maximum atomic E-state index is 10.8. The molecule has 0 aromatic carbocycles. The third kappa shape index (κ3) is 2.78. The number of carbonyl (C=O) groups is 1. The molecular weight excluding hydrogens is 206 g/mol. The molecule has 1 aromatic rings. The van der Waals surface area contributed by atoms with E-state index in [-0.39, 0.29) is 12.2 Å². The molecule has 0 radical (unpaired) electrons. The fourth-order valence-corrected chi connectivity index (χ4v) is 0.984. The monoisotopic (exact) mass is 215 g/mol. The maximum absolute atomic E-state index is 10.8. The topological polar surface area (TPSA) is 103 Å². The molecule has 1 atom stereocenters. The first-order valence-electron chi connectivity index (χ1n) is 4.03. The van der Waals surface area contributed by atoms with E-state index in [2.05, 4.69) is 4.74 Å². The Balaban J connectivity index is 2.65. The van der Waals surface area contributed by atoms with E-state index in [9.17, 15) is 20.0 Å². The number of aliphatic hydroxyl groups excluding tert-OH is 1. The lowest BCUT2D eigenvalue weighted by molar-refractivity contribution is -0.402. The normalized spacial score (nSPS) is 12.1. The van der Waals surface area contributed by atoms with Gasteiger partial charge in [-0.25, -0.2) is 4.79 Å². The van der Waals surface area contributed by atoms with E-state index in [0.717, 1.165) is 13.2 Å². The van der Waals surface area contributed by atoms with Gasteiger partial charge in [0.1, 0.15) is 10.7 Å². The molecule has 82 valence electrons. The molecule has 0 saturated carbocycles. The molecule has 1 N–H and O–H groups in total. The van der Waals surface area contributed by atoms with Crippen molar-refractivity contribution in [3.05, 3.63) is 28.0 Å². The summed E-state index contributed by atoms with van der Waals surface area (Å²) in [4.78, 5) is 20.4. The average molecular weight is 215 g/mol. The lowest BCUT2D eigenvalue weighted by atomic mass is 10.2. The highest BCUT2D eigenvalue weighted by Crippen LogP contribution is 2.16. The van der Waals surface area contributed by atoms with Crippen LogP contribution in [0.15, 0.2) is 16.5 Å². The van der Waals surface area contributed by atoms with Gasteiger partial charge >= 0.3 is 11.9 Å². The molecule has 15 heavy (non-hydrogen) atoms. The SMILES string of the molecule is COC(=O)C(O)Cc1ccc([N+](=O)[O-])o1. The molecule has 0 aliphatic carbocycles. The van der Waals surface area contributed by atoms with Crippen LogP contribution in [0.25, 0.3) is 0 Å². The van der Waals surface area contributed by atoms with E-state index in [1.807, 2.05) is 0 Å². The molecule has 0 aliphatic heterocycles. The third-order valence-electron chi connectivity index (χ3n) is 1.70. The van der Waals surface area contributed by atoms with Crippen molar-refractivity contribution >= 4 is 11.9 Å². The number of nitrogens with zero attached hydrogens (tertiary/aromatic N) is 1. The maximum Gasteiger partial charge on any atom is 0.433 e. The van der Waals surface area contributed by atoms with Crippen molar-refractivity contribution in [1.82, 2.24) is 0 Å². The summed E-state index contributed by atoms with van der Waals surface area (Å²) in [5, 5.41) is 19.5. The van der Waals surface area contributed by atoms with Crippen molar-refractivity contribution in [1.29, 1.82) is 0 Å². The minimum atomic E-state index is -1.37. The predicted molar refractivity (Wildman–Crippen MR) is 47.1 cm³/mol. The number of rotatable bonds is 4. The Hall–Kier alpha value is -1.89. The molecule has 1 aromatic heterocycles. The lowest BCUT2D eigenvalue weighted by Crippen LogP contribution is -2.23. The summed E-state index contributed by atoms with van der Waals surface area (Å²) in [7, 11) is 1.14. The van der Waals surface area contributed by atoms with Crippen LogP contribution in [0.2, 0.25) is 0 Å². The number of hydrogen-bond donors (Lipinski definition) is 1. The van der Waals surface area contributed by atoms with Gasteiger partial charge in [-0.1, -0.05) is 0 Å². The number of furan rings is 1. The molecule has 0 bridgehead atoms. The zero-order chi connectivity index (χ0) is 11.4. The first kappa shape index (κ1) is 11.2. The molecule has 7 nitrogen and oxygen atoms in total. The Labute approximate surface area is 84.4 Å². The van der Waals surface area contributed by atoms with Gasteiger partial charge in [0.2, 0.25) is 0 Å². The summed E-state index contributed by atoms with van der Waals surface area (Å²) in [6.07, 6.45) is -1.53. The average Bonchev–Trinajstić information content (AvgIpc) is 2.65. The quantitative estimate of drug-likeness (QED) is 0.439. The molecule has 0 amide bonds. The first-order valence-corrected chi connectivity index (χ1v) is 4.03. The smallest absolute Gasteiger partial charge is 0.433 e. The van der Waals surface area contributed by atoms with Crippen LogP contribution in [0.3, 0.4) is 0 Å². The highest BCUT2D eigenvalue weighted by molar-refractivity contribution is 5.74. The summed E-state index contributed by atoms with van der Waals surface area (Å²) in [5.41, 5.74) is 0. The van der Waals surface area contributed by atoms with Gasteiger partial charge in [-0.3, -0.25) is 10.1 Å². The van der Waals surface area contributed by atoms with Gasteiger partial charge in [0.15, 0.2) is 6.10 Å². The van der Waals surface area contributed by atoms with Crippen LogP contribution >= 0.6 is 0 Å². The van der Waals surface area contributed by atoms with Gasteiger partial charge in [0, 0.05) is 6.42 Å². The fourth-order valence-electron chi connectivity index (χ4n) is 0.984. The zero-order valence-electron chi connectivity index (χ0n) is 7.87. The van der Waals surface area contributed by atoms with Crippen LogP contribution in [0.4, 0.5) is 5.88 Å². The second kappa shape index (κ2) is 4.56. The molecule has 0 spiro atoms. The predicted octanol–water partition coefficient (Wildman–Crippen LogP) is 0.264. The second-order valence-corrected chi connectivity index (χ2v) is 2.74. The highest BCUT2D eigenvalue weighted by Gasteiger charge is 2.20. The second-order valence-electron chi connectivity index (χ2n) is 2.74. The van der Waals surface area contributed by atoms with Gasteiger partial charge in [-0.05, 0) is 6.07 Å². The molecule has 1 unspecified atom stereocenters. The van der Waals surface area contributed by atoms with Crippen molar-refractivity contribution in [3.8, 4) is 0 Å². The minimum absolute atomic E-state index is 0.152. The minimum Gasteiger partial charge on any atom is -0.467 e. The van der Waals surface area contributed by atoms with Gasteiger partial charge in [0.05, 0.1) is 13.2 Å². The Bertz CT molecular complexity index is 371. The number of aliphatic hydroxyl groups is 1. The third-order valence-corrected chi connectivity index (χ3v) is 1.70. The van der Waals surface area contributed by atoms with Crippen LogP contribution in [0, 0.1) is 10.1 Å². The summed E-state index contributed by atoms with van der Waals surface area (Å²) < 4.78 is 9.02. The Morgan fingerprint density at radius 2 is 2.40 bits per heavy atom. The van der Waals surface area contributed by atoms with Gasteiger partial charge in [-0.2, -0.15) is 0 Å². The Morgan fingerprint density at radius 1 is 1.73 bits per heavy atom.